The van der Waals surface area contributed by atoms with Crippen molar-refractivity contribution in [2.75, 3.05) is 22.9 Å². The maximum atomic E-state index is 13.5. The molecule has 0 aliphatic heterocycles. The first-order valence-electron chi connectivity index (χ1n) is 15.8. The second-order valence-corrected chi connectivity index (χ2v) is 14.1. The van der Waals surface area contributed by atoms with Gasteiger partial charge in [-0.2, -0.15) is 9.13 Å². The van der Waals surface area contributed by atoms with Gasteiger partial charge in [0, 0.05) is 22.7 Å². The normalized spacial score (nSPS) is 11.0. The summed E-state index contributed by atoms with van der Waals surface area (Å²) >= 11 is 0. The molecular weight excluding hydrogens is 702 g/mol. The van der Waals surface area contributed by atoms with Crippen molar-refractivity contribution in [3.8, 4) is 34.5 Å². The van der Waals surface area contributed by atoms with E-state index in [0.29, 0.717) is 57.2 Å². The lowest BCUT2D eigenvalue weighted by molar-refractivity contribution is 0.296. The number of rotatable bonds is 12. The zero-order valence-electron chi connectivity index (χ0n) is 28.3. The molecule has 0 bridgehead atoms. The highest BCUT2D eigenvalue weighted by Crippen LogP contribution is 2.52. The summed E-state index contributed by atoms with van der Waals surface area (Å²) in [6.07, 6.45) is 0. The van der Waals surface area contributed by atoms with Crippen LogP contribution in [0.4, 0.5) is 22.7 Å². The van der Waals surface area contributed by atoms with Crippen LogP contribution in [0.1, 0.15) is 11.1 Å². The van der Waals surface area contributed by atoms with Gasteiger partial charge < -0.3 is 50.1 Å². The van der Waals surface area contributed by atoms with Crippen LogP contribution in [0.5, 0.6) is 34.5 Å². The Hall–Kier alpha value is -6.22. The molecule has 52 heavy (non-hydrogen) atoms. The Balaban J connectivity index is 0.000000202. The summed E-state index contributed by atoms with van der Waals surface area (Å²) in [5, 5.41) is 0. The van der Waals surface area contributed by atoms with Gasteiger partial charge >= 0.3 is 15.6 Å². The molecule has 0 heterocycles. The fraction of sp³-hybridized carbons (Fsp3) is 0.0526. The molecule has 6 rings (SSSR count). The zero-order valence-corrected chi connectivity index (χ0v) is 30.1. The summed E-state index contributed by atoms with van der Waals surface area (Å²) in [7, 11) is -8.05. The van der Waals surface area contributed by atoms with E-state index in [2.05, 4.69) is 0 Å². The smallest absolute Gasteiger partial charge is 0.399 e. The Morgan fingerprint density at radius 1 is 0.346 bits per heavy atom. The average molecular weight is 741 g/mol. The summed E-state index contributed by atoms with van der Waals surface area (Å²) in [4.78, 5) is 0. The topological polar surface area (TPSA) is 194 Å². The lowest BCUT2D eigenvalue weighted by Crippen LogP contribution is -2.09. The van der Waals surface area contributed by atoms with Crippen molar-refractivity contribution < 1.29 is 36.3 Å². The van der Waals surface area contributed by atoms with Crippen molar-refractivity contribution in [1.29, 1.82) is 0 Å². The van der Waals surface area contributed by atoms with Gasteiger partial charge in [0.15, 0.2) is 0 Å². The van der Waals surface area contributed by atoms with E-state index in [1.807, 2.05) is 38.1 Å². The number of hydrogen-bond acceptors (Lipinski definition) is 12. The number of anilines is 4. The highest BCUT2D eigenvalue weighted by molar-refractivity contribution is 7.50. The summed E-state index contributed by atoms with van der Waals surface area (Å²) < 4.78 is 60.2. The van der Waals surface area contributed by atoms with Crippen molar-refractivity contribution >= 4 is 38.4 Å². The number of phosphoric ester groups is 2. The third kappa shape index (κ3) is 10.9. The van der Waals surface area contributed by atoms with E-state index in [1.165, 1.54) is 0 Å². The van der Waals surface area contributed by atoms with Crippen LogP contribution in [-0.4, -0.2) is 0 Å². The molecule has 0 aliphatic carbocycles. The molecule has 0 amide bonds. The highest BCUT2D eigenvalue weighted by Gasteiger charge is 2.35. The maximum Gasteiger partial charge on any atom is 0.647 e. The quantitative estimate of drug-likeness (QED) is 0.0686. The van der Waals surface area contributed by atoms with E-state index in [0.717, 1.165) is 11.1 Å². The first-order chi connectivity index (χ1) is 24.9. The predicted molar refractivity (Wildman–Crippen MR) is 205 cm³/mol. The van der Waals surface area contributed by atoms with Gasteiger partial charge in [-0.3, -0.25) is 0 Å². The fourth-order valence-corrected chi connectivity index (χ4v) is 7.04. The molecule has 0 saturated heterocycles. The molecule has 6 aromatic carbocycles. The molecule has 8 N–H and O–H groups in total. The van der Waals surface area contributed by atoms with Gasteiger partial charge in [-0.25, -0.2) is 0 Å². The van der Waals surface area contributed by atoms with E-state index < -0.39 is 15.6 Å². The molecule has 14 heteroatoms. The summed E-state index contributed by atoms with van der Waals surface area (Å²) in [5.74, 6) is 2.06. The second-order valence-electron chi connectivity index (χ2n) is 11.3. The molecule has 0 fully saturated rings. The van der Waals surface area contributed by atoms with Gasteiger partial charge in [0.1, 0.15) is 34.5 Å². The van der Waals surface area contributed by atoms with E-state index in [4.69, 9.17) is 50.1 Å². The van der Waals surface area contributed by atoms with Crippen LogP contribution in [0, 0.1) is 13.8 Å². The number of hydrogen-bond donors (Lipinski definition) is 4. The van der Waals surface area contributed by atoms with Gasteiger partial charge in [0.2, 0.25) is 0 Å². The fourth-order valence-electron chi connectivity index (χ4n) is 4.41. The molecule has 6 aromatic rings. The molecular formula is C38H38N4O8P2. The minimum Gasteiger partial charge on any atom is -0.399 e. The molecule has 0 atom stereocenters. The number of benzene rings is 6. The second kappa shape index (κ2) is 16.7. The van der Waals surface area contributed by atoms with Crippen molar-refractivity contribution in [3.63, 3.8) is 0 Å². The largest absolute Gasteiger partial charge is 0.647 e. The number of para-hydroxylation sites is 2. The van der Waals surface area contributed by atoms with Crippen LogP contribution < -0.4 is 50.1 Å². The minimum atomic E-state index is -4.05. The number of nitrogens with two attached hydrogens (primary N) is 4. The summed E-state index contributed by atoms with van der Waals surface area (Å²) in [6.45, 7) is 3.72. The zero-order chi connectivity index (χ0) is 37.1. The van der Waals surface area contributed by atoms with Crippen LogP contribution in [-0.2, 0) is 9.13 Å². The molecule has 0 aromatic heterocycles. The number of phosphoric acid groups is 2. The molecule has 0 unspecified atom stereocenters. The van der Waals surface area contributed by atoms with E-state index >= 15 is 0 Å². The van der Waals surface area contributed by atoms with Crippen molar-refractivity contribution in [2.24, 2.45) is 0 Å². The first kappa shape index (κ1) is 37.0. The minimum absolute atomic E-state index is 0.309. The van der Waals surface area contributed by atoms with Crippen LogP contribution in [0.3, 0.4) is 0 Å². The SMILES string of the molecule is Cc1cccc(C)c1OP(=O)(Oc1ccc(N)cc1)Oc1ccc(N)cc1.Nc1ccc(OP(=O)(Oc2ccccc2)Oc2ccc(N)cc2)cc1. The molecule has 0 aliphatic rings. The van der Waals surface area contributed by atoms with Crippen LogP contribution in [0.2, 0.25) is 0 Å². The van der Waals surface area contributed by atoms with E-state index in [9.17, 15) is 9.13 Å². The molecule has 268 valence electrons. The lowest BCUT2D eigenvalue weighted by atomic mass is 10.1. The van der Waals surface area contributed by atoms with Crippen molar-refractivity contribution in [2.45, 2.75) is 13.8 Å². The average Bonchev–Trinajstić information content (AvgIpc) is 3.11. The Labute approximate surface area is 302 Å². The van der Waals surface area contributed by atoms with Crippen LogP contribution >= 0.6 is 15.6 Å². The first-order valence-corrected chi connectivity index (χ1v) is 18.7. The maximum absolute atomic E-state index is 13.5. The summed E-state index contributed by atoms with van der Waals surface area (Å²) in [6, 6.07) is 40.1. The van der Waals surface area contributed by atoms with Gasteiger partial charge in [-0.1, -0.05) is 36.4 Å². The standard InChI is InChI=1S/C20H21N2O4P.C18H17N2O4P/c1-14-4-3-5-15(2)20(14)26-27(23,24-18-10-6-16(21)7-11-18)25-19-12-8-17(22)9-13-19;19-14-6-10-17(11-7-14)23-25(21,22-16-4-2-1-3-5-16)24-18-12-8-15(20)9-13-18/h3-13H,21-22H2,1-2H3;1-13H,19-20H2. The van der Waals surface area contributed by atoms with E-state index in [1.54, 1.807) is 121 Å². The van der Waals surface area contributed by atoms with Gasteiger partial charge in [0.05, 0.1) is 0 Å². The van der Waals surface area contributed by atoms with Crippen molar-refractivity contribution in [1.82, 2.24) is 0 Å². The molecule has 0 radical (unpaired) electrons. The Morgan fingerprint density at radius 3 is 0.923 bits per heavy atom. The van der Waals surface area contributed by atoms with E-state index in [-0.39, 0.29) is 0 Å². The molecule has 0 saturated carbocycles. The van der Waals surface area contributed by atoms with Gasteiger partial charge in [-0.05, 0) is 134 Å². The molecule has 0 spiro atoms. The summed E-state index contributed by atoms with van der Waals surface area (Å²) in [5.41, 5.74) is 26.6. The van der Waals surface area contributed by atoms with Gasteiger partial charge in [-0.15, -0.1) is 0 Å². The third-order valence-corrected chi connectivity index (χ3v) is 9.54. The lowest BCUT2D eigenvalue weighted by Gasteiger charge is -2.21. The van der Waals surface area contributed by atoms with Crippen LogP contribution in [0.25, 0.3) is 0 Å². The monoisotopic (exact) mass is 740 g/mol. The predicted octanol–water partition coefficient (Wildman–Crippen LogP) is 9.61. The Kier molecular flexibility index (Phi) is 11.9. The number of aryl methyl sites for hydroxylation is 2. The highest BCUT2D eigenvalue weighted by atomic mass is 31.2. The number of nitrogen functional groups attached to an aromatic ring is 4. The van der Waals surface area contributed by atoms with Crippen LogP contribution in [0.15, 0.2) is 146 Å². The molecule has 12 nitrogen and oxygen atoms in total. The Bertz CT molecular complexity index is 2030. The van der Waals surface area contributed by atoms with Crippen molar-refractivity contribution in [3.05, 3.63) is 157 Å². The Morgan fingerprint density at radius 2 is 0.615 bits per heavy atom. The van der Waals surface area contributed by atoms with Gasteiger partial charge in [0.25, 0.3) is 0 Å². The third-order valence-electron chi connectivity index (χ3n) is 6.96.